The third-order valence-corrected chi connectivity index (χ3v) is 4.39. The fraction of sp³-hybridized carbons (Fsp3) is 0.684. The summed E-state index contributed by atoms with van der Waals surface area (Å²) in [6, 6.07) is 9.68. The highest BCUT2D eigenvalue weighted by molar-refractivity contribution is 5.22. The second kappa shape index (κ2) is 8.55. The summed E-state index contributed by atoms with van der Waals surface area (Å²) >= 11 is 0. The first-order valence-corrected chi connectivity index (χ1v) is 8.33. The fourth-order valence-electron chi connectivity index (χ4n) is 2.43. The van der Waals surface area contributed by atoms with E-state index < -0.39 is 0 Å². The highest BCUT2D eigenvalue weighted by Gasteiger charge is 2.23. The van der Waals surface area contributed by atoms with Crippen molar-refractivity contribution < 1.29 is 0 Å². The lowest BCUT2D eigenvalue weighted by atomic mass is 9.87. The molecule has 120 valence electrons. The summed E-state index contributed by atoms with van der Waals surface area (Å²) < 4.78 is 0. The zero-order chi connectivity index (χ0) is 15.9. The van der Waals surface area contributed by atoms with Crippen molar-refractivity contribution in [3.8, 4) is 0 Å². The summed E-state index contributed by atoms with van der Waals surface area (Å²) in [5.74, 6) is 0. The number of hydrogen-bond acceptors (Lipinski definition) is 2. The van der Waals surface area contributed by atoms with Crippen LogP contribution in [0.3, 0.4) is 0 Å². The Balaban J connectivity index is 2.47. The van der Waals surface area contributed by atoms with Gasteiger partial charge in [0.25, 0.3) is 0 Å². The van der Waals surface area contributed by atoms with Gasteiger partial charge in [-0.2, -0.15) is 0 Å². The highest BCUT2D eigenvalue weighted by atomic mass is 15.1. The predicted octanol–water partition coefficient (Wildman–Crippen LogP) is 4.10. The van der Waals surface area contributed by atoms with Crippen molar-refractivity contribution in [1.29, 1.82) is 0 Å². The summed E-state index contributed by atoms with van der Waals surface area (Å²) in [5, 5.41) is 3.45. The maximum atomic E-state index is 3.45. The highest BCUT2D eigenvalue weighted by Crippen LogP contribution is 2.24. The third-order valence-electron chi connectivity index (χ3n) is 4.39. The van der Waals surface area contributed by atoms with E-state index in [0.717, 1.165) is 26.1 Å². The smallest absolute Gasteiger partial charge is 0.0233 e. The van der Waals surface area contributed by atoms with Crippen molar-refractivity contribution in [2.24, 2.45) is 5.41 Å². The molecule has 21 heavy (non-hydrogen) atoms. The molecule has 1 rings (SSSR count). The third kappa shape index (κ3) is 6.62. The van der Waals surface area contributed by atoms with Crippen molar-refractivity contribution in [3.05, 3.63) is 35.4 Å². The molecule has 2 heteroatoms. The summed E-state index contributed by atoms with van der Waals surface area (Å²) in [7, 11) is 2.22. The maximum Gasteiger partial charge on any atom is 0.0233 e. The molecule has 1 aromatic rings. The second-order valence-electron chi connectivity index (χ2n) is 7.27. The Morgan fingerprint density at radius 3 is 2.14 bits per heavy atom. The van der Waals surface area contributed by atoms with Crippen LogP contribution in [0.5, 0.6) is 0 Å². The van der Waals surface area contributed by atoms with E-state index in [2.05, 4.69) is 76.1 Å². The van der Waals surface area contributed by atoms with Gasteiger partial charge in [-0.25, -0.2) is 0 Å². The van der Waals surface area contributed by atoms with Crippen LogP contribution in [-0.4, -0.2) is 31.1 Å². The monoisotopic (exact) mass is 290 g/mol. The fourth-order valence-corrected chi connectivity index (χ4v) is 2.43. The lowest BCUT2D eigenvalue weighted by Crippen LogP contribution is -2.38. The molecule has 0 aliphatic carbocycles. The van der Waals surface area contributed by atoms with Crippen molar-refractivity contribution >= 4 is 0 Å². The van der Waals surface area contributed by atoms with Gasteiger partial charge in [-0.1, -0.05) is 52.0 Å². The molecule has 1 N–H and O–H groups in total. The quantitative estimate of drug-likeness (QED) is 0.725. The number of hydrogen-bond donors (Lipinski definition) is 1. The van der Waals surface area contributed by atoms with E-state index in [0.29, 0.717) is 11.5 Å². The van der Waals surface area contributed by atoms with Crippen LogP contribution in [0.1, 0.15) is 52.2 Å². The molecule has 0 aliphatic rings. The van der Waals surface area contributed by atoms with Crippen LogP contribution in [0.25, 0.3) is 0 Å². The molecule has 0 fully saturated rings. The average molecular weight is 290 g/mol. The first-order chi connectivity index (χ1) is 9.84. The predicted molar refractivity (Wildman–Crippen MR) is 93.7 cm³/mol. The molecule has 0 spiro atoms. The van der Waals surface area contributed by atoms with E-state index in [-0.39, 0.29) is 0 Å². The topological polar surface area (TPSA) is 15.3 Å². The van der Waals surface area contributed by atoms with Gasteiger partial charge in [0.05, 0.1) is 0 Å². The van der Waals surface area contributed by atoms with Crippen LogP contribution in [0.2, 0.25) is 0 Å². The lowest BCUT2D eigenvalue weighted by Gasteiger charge is -2.35. The average Bonchev–Trinajstić information content (AvgIpc) is 2.43. The van der Waals surface area contributed by atoms with Gasteiger partial charge in [-0.05, 0) is 56.4 Å². The van der Waals surface area contributed by atoms with E-state index in [1.54, 1.807) is 0 Å². The minimum atomic E-state index is 0.319. The molecule has 0 heterocycles. The summed E-state index contributed by atoms with van der Waals surface area (Å²) in [6.45, 7) is 14.7. The normalized spacial score (nSPS) is 13.7. The molecular formula is C19H34N2. The molecule has 0 aliphatic heterocycles. The molecule has 2 nitrogen and oxygen atoms in total. The van der Waals surface area contributed by atoms with Gasteiger partial charge in [-0.3, -0.25) is 4.90 Å². The zero-order valence-corrected chi connectivity index (χ0v) is 14.9. The van der Waals surface area contributed by atoms with E-state index in [4.69, 9.17) is 0 Å². The molecule has 0 saturated carbocycles. The zero-order valence-electron chi connectivity index (χ0n) is 14.9. The SMILES string of the molecule is CCCNCCc1ccc(CN(C)C(C)C(C)(C)C)cc1. The first-order valence-electron chi connectivity index (χ1n) is 8.33. The van der Waals surface area contributed by atoms with E-state index in [1.165, 1.54) is 17.5 Å². The second-order valence-corrected chi connectivity index (χ2v) is 7.27. The Bertz CT molecular complexity index is 389. The van der Waals surface area contributed by atoms with Crippen LogP contribution < -0.4 is 5.32 Å². The van der Waals surface area contributed by atoms with E-state index in [1.807, 2.05) is 0 Å². The molecule has 0 radical (unpaired) electrons. The number of nitrogens with zero attached hydrogens (tertiary/aromatic N) is 1. The molecule has 1 unspecified atom stereocenters. The van der Waals surface area contributed by atoms with Gasteiger partial charge in [0, 0.05) is 12.6 Å². The Kier molecular flexibility index (Phi) is 7.41. The molecule has 1 atom stereocenters. The molecule has 0 saturated heterocycles. The number of benzene rings is 1. The number of rotatable bonds is 8. The molecule has 1 aromatic carbocycles. The Hall–Kier alpha value is -0.860. The van der Waals surface area contributed by atoms with Crippen LogP contribution >= 0.6 is 0 Å². The van der Waals surface area contributed by atoms with Crippen molar-refractivity contribution in [2.45, 2.75) is 60.0 Å². The van der Waals surface area contributed by atoms with Crippen LogP contribution in [0, 0.1) is 5.41 Å². The number of nitrogens with one attached hydrogen (secondary N) is 1. The van der Waals surface area contributed by atoms with Crippen molar-refractivity contribution in [3.63, 3.8) is 0 Å². The molecule has 0 aromatic heterocycles. The van der Waals surface area contributed by atoms with Gasteiger partial charge in [0.1, 0.15) is 0 Å². The van der Waals surface area contributed by atoms with E-state index >= 15 is 0 Å². The van der Waals surface area contributed by atoms with Crippen LogP contribution in [0.15, 0.2) is 24.3 Å². The van der Waals surface area contributed by atoms with E-state index in [9.17, 15) is 0 Å². The van der Waals surface area contributed by atoms with Gasteiger partial charge >= 0.3 is 0 Å². The largest absolute Gasteiger partial charge is 0.316 e. The Morgan fingerprint density at radius 1 is 1.05 bits per heavy atom. The van der Waals surface area contributed by atoms with Crippen molar-refractivity contribution in [1.82, 2.24) is 10.2 Å². The minimum Gasteiger partial charge on any atom is -0.316 e. The molecule has 0 amide bonds. The maximum absolute atomic E-state index is 3.45. The summed E-state index contributed by atoms with van der Waals surface area (Å²) in [6.07, 6.45) is 2.33. The lowest BCUT2D eigenvalue weighted by molar-refractivity contribution is 0.134. The van der Waals surface area contributed by atoms with Gasteiger partial charge < -0.3 is 5.32 Å². The summed E-state index contributed by atoms with van der Waals surface area (Å²) in [4.78, 5) is 2.44. The van der Waals surface area contributed by atoms with Gasteiger partial charge in [0.2, 0.25) is 0 Å². The minimum absolute atomic E-state index is 0.319. The molecule has 0 bridgehead atoms. The van der Waals surface area contributed by atoms with Crippen molar-refractivity contribution in [2.75, 3.05) is 20.1 Å². The van der Waals surface area contributed by atoms with Crippen LogP contribution in [-0.2, 0) is 13.0 Å². The Labute approximate surface area is 131 Å². The molecular weight excluding hydrogens is 256 g/mol. The van der Waals surface area contributed by atoms with Crippen LogP contribution in [0.4, 0.5) is 0 Å². The Morgan fingerprint density at radius 2 is 1.62 bits per heavy atom. The standard InChI is InChI=1S/C19H34N2/c1-7-13-20-14-12-17-8-10-18(11-9-17)15-21(6)16(2)19(3,4)5/h8-11,16,20H,7,12-15H2,1-6H3. The summed E-state index contributed by atoms with van der Waals surface area (Å²) in [5.41, 5.74) is 3.15. The van der Waals surface area contributed by atoms with Gasteiger partial charge in [0.15, 0.2) is 0 Å². The van der Waals surface area contributed by atoms with Gasteiger partial charge in [-0.15, -0.1) is 0 Å². The first kappa shape index (κ1) is 18.2.